The highest BCUT2D eigenvalue weighted by Crippen LogP contribution is 2.23. The van der Waals surface area contributed by atoms with Crippen molar-refractivity contribution in [3.63, 3.8) is 0 Å². The Bertz CT molecular complexity index is 693. The van der Waals surface area contributed by atoms with Crippen LogP contribution in [0, 0.1) is 0 Å². The van der Waals surface area contributed by atoms with E-state index in [0.717, 1.165) is 11.1 Å². The van der Waals surface area contributed by atoms with Crippen LogP contribution in [0.4, 0.5) is 4.79 Å². The quantitative estimate of drug-likeness (QED) is 0.742. The van der Waals surface area contributed by atoms with Crippen LogP contribution in [0.5, 0.6) is 0 Å². The van der Waals surface area contributed by atoms with Crippen LogP contribution < -0.4 is 5.32 Å². The monoisotopic (exact) mass is 365 g/mol. The highest BCUT2D eigenvalue weighted by Gasteiger charge is 2.21. The van der Waals surface area contributed by atoms with Gasteiger partial charge >= 0.3 is 6.09 Å². The van der Waals surface area contributed by atoms with Crippen LogP contribution in [0.3, 0.4) is 0 Å². The van der Waals surface area contributed by atoms with Gasteiger partial charge in [0.05, 0.1) is 6.04 Å². The number of halogens is 2. The molecule has 128 valence electrons. The Morgan fingerprint density at radius 1 is 1.08 bits per heavy atom. The highest BCUT2D eigenvalue weighted by molar-refractivity contribution is 6.30. The summed E-state index contributed by atoms with van der Waals surface area (Å²) in [6, 6.07) is 14.7. The molecule has 1 atom stereocenters. The molecule has 24 heavy (non-hydrogen) atoms. The van der Waals surface area contributed by atoms with Crippen molar-refractivity contribution < 1.29 is 9.53 Å². The smallest absolute Gasteiger partial charge is 0.408 e. The summed E-state index contributed by atoms with van der Waals surface area (Å²) in [5.41, 5.74) is 1.42. The van der Waals surface area contributed by atoms with Crippen molar-refractivity contribution in [1.82, 2.24) is 5.32 Å². The predicted octanol–water partition coefficient (Wildman–Crippen LogP) is 5.80. The van der Waals surface area contributed by atoms with E-state index >= 15 is 0 Å². The normalized spacial score (nSPS) is 12.5. The van der Waals surface area contributed by atoms with Gasteiger partial charge in [0.25, 0.3) is 0 Å². The Labute approximate surface area is 152 Å². The van der Waals surface area contributed by atoms with E-state index in [1.165, 1.54) is 0 Å². The third-order valence-electron chi connectivity index (χ3n) is 3.29. The third kappa shape index (κ3) is 6.06. The fourth-order valence-electron chi connectivity index (χ4n) is 2.30. The number of nitrogens with one attached hydrogen (secondary N) is 1. The van der Waals surface area contributed by atoms with Gasteiger partial charge in [-0.1, -0.05) is 47.5 Å². The molecule has 0 fully saturated rings. The molecule has 0 aliphatic heterocycles. The van der Waals surface area contributed by atoms with Crippen LogP contribution in [0.1, 0.15) is 37.9 Å². The Kier molecular flexibility index (Phi) is 6.14. The highest BCUT2D eigenvalue weighted by atomic mass is 35.5. The Morgan fingerprint density at radius 2 is 1.75 bits per heavy atom. The van der Waals surface area contributed by atoms with Crippen molar-refractivity contribution in [2.24, 2.45) is 0 Å². The summed E-state index contributed by atoms with van der Waals surface area (Å²) in [7, 11) is 0. The molecule has 0 heterocycles. The maximum Gasteiger partial charge on any atom is 0.408 e. The van der Waals surface area contributed by atoms with E-state index in [2.05, 4.69) is 5.32 Å². The van der Waals surface area contributed by atoms with Crippen molar-refractivity contribution in [2.45, 2.75) is 38.8 Å². The molecule has 2 aromatic carbocycles. The van der Waals surface area contributed by atoms with Gasteiger partial charge in [-0.3, -0.25) is 0 Å². The van der Waals surface area contributed by atoms with Crippen LogP contribution in [0.25, 0.3) is 0 Å². The van der Waals surface area contributed by atoms with Gasteiger partial charge in [0.2, 0.25) is 0 Å². The first-order valence-corrected chi connectivity index (χ1v) is 8.48. The lowest BCUT2D eigenvalue weighted by molar-refractivity contribution is 0.0503. The van der Waals surface area contributed by atoms with Gasteiger partial charge in [-0.25, -0.2) is 4.79 Å². The molecule has 2 rings (SSSR count). The Balaban J connectivity index is 2.21. The number of carbonyl (C=O) groups excluding carboxylic acids is 1. The molecule has 0 aromatic heterocycles. The van der Waals surface area contributed by atoms with Crippen molar-refractivity contribution in [3.05, 3.63) is 69.7 Å². The topological polar surface area (TPSA) is 38.3 Å². The molecule has 1 unspecified atom stereocenters. The molecule has 0 saturated heterocycles. The maximum atomic E-state index is 12.2. The number of carbonyl (C=O) groups is 1. The molecule has 2 aromatic rings. The van der Waals surface area contributed by atoms with Crippen LogP contribution in [-0.2, 0) is 11.2 Å². The summed E-state index contributed by atoms with van der Waals surface area (Å²) in [6.07, 6.45) is 0.144. The van der Waals surface area contributed by atoms with Gasteiger partial charge < -0.3 is 10.1 Å². The van der Waals surface area contributed by atoms with Crippen LogP contribution >= 0.6 is 23.2 Å². The van der Waals surface area contributed by atoms with Gasteiger partial charge in [-0.2, -0.15) is 0 Å². The molecular weight excluding hydrogens is 345 g/mol. The summed E-state index contributed by atoms with van der Waals surface area (Å²) in [5.74, 6) is 0. The fourth-order valence-corrected chi connectivity index (χ4v) is 2.64. The number of amides is 1. The molecule has 0 saturated carbocycles. The minimum Gasteiger partial charge on any atom is -0.444 e. The van der Waals surface area contributed by atoms with E-state index in [0.29, 0.717) is 16.5 Å². The largest absolute Gasteiger partial charge is 0.444 e. The summed E-state index contributed by atoms with van der Waals surface area (Å²) in [5, 5.41) is 4.25. The van der Waals surface area contributed by atoms with Gasteiger partial charge in [0.15, 0.2) is 0 Å². The maximum absolute atomic E-state index is 12.2. The molecule has 0 bridgehead atoms. The summed E-state index contributed by atoms with van der Waals surface area (Å²) in [4.78, 5) is 12.2. The van der Waals surface area contributed by atoms with E-state index in [-0.39, 0.29) is 6.04 Å². The average molecular weight is 366 g/mol. The zero-order valence-corrected chi connectivity index (χ0v) is 15.5. The van der Waals surface area contributed by atoms with Gasteiger partial charge in [0, 0.05) is 10.0 Å². The first kappa shape index (κ1) is 18.6. The molecule has 0 radical (unpaired) electrons. The minimum atomic E-state index is -0.551. The van der Waals surface area contributed by atoms with E-state index in [1.54, 1.807) is 12.1 Å². The SMILES string of the molecule is CC(C)(C)OC(=O)NC(Cc1cccc(Cl)c1)c1ccc(Cl)cc1. The number of rotatable bonds is 4. The standard InChI is InChI=1S/C19H21Cl2NO2/c1-19(2,3)24-18(23)22-17(14-7-9-15(20)10-8-14)12-13-5-4-6-16(21)11-13/h4-11,17H,12H2,1-3H3,(H,22,23). The first-order chi connectivity index (χ1) is 11.2. The zero-order chi connectivity index (χ0) is 17.7. The second kappa shape index (κ2) is 7.91. The number of benzene rings is 2. The lowest BCUT2D eigenvalue weighted by atomic mass is 9.99. The van der Waals surface area contributed by atoms with Gasteiger partial charge in [0.1, 0.15) is 5.60 Å². The minimum absolute atomic E-state index is 0.240. The molecule has 0 aliphatic rings. The van der Waals surface area contributed by atoms with E-state index in [4.69, 9.17) is 27.9 Å². The summed E-state index contributed by atoms with van der Waals surface area (Å²) >= 11 is 12.0. The van der Waals surface area contributed by atoms with Crippen LogP contribution in [-0.4, -0.2) is 11.7 Å². The molecule has 5 heteroatoms. The van der Waals surface area contributed by atoms with Crippen molar-refractivity contribution in [2.75, 3.05) is 0 Å². The molecule has 3 nitrogen and oxygen atoms in total. The first-order valence-electron chi connectivity index (χ1n) is 7.72. The van der Waals surface area contributed by atoms with E-state index in [9.17, 15) is 4.79 Å². The Hall–Kier alpha value is -1.71. The lowest BCUT2D eigenvalue weighted by Gasteiger charge is -2.24. The van der Waals surface area contributed by atoms with Gasteiger partial charge in [-0.15, -0.1) is 0 Å². The summed E-state index contributed by atoms with van der Waals surface area (Å²) in [6.45, 7) is 5.50. The molecule has 1 amide bonds. The lowest BCUT2D eigenvalue weighted by Crippen LogP contribution is -2.35. The second-order valence-electron chi connectivity index (χ2n) is 6.58. The van der Waals surface area contributed by atoms with E-state index in [1.807, 2.05) is 57.2 Å². The number of hydrogen-bond acceptors (Lipinski definition) is 2. The van der Waals surface area contributed by atoms with Crippen molar-refractivity contribution in [3.8, 4) is 0 Å². The van der Waals surface area contributed by atoms with Crippen LogP contribution in [0.15, 0.2) is 48.5 Å². The summed E-state index contributed by atoms with van der Waals surface area (Å²) < 4.78 is 5.37. The van der Waals surface area contributed by atoms with E-state index < -0.39 is 11.7 Å². The van der Waals surface area contributed by atoms with Gasteiger partial charge in [-0.05, 0) is 62.6 Å². The number of hydrogen-bond donors (Lipinski definition) is 1. The number of alkyl carbamates (subject to hydrolysis) is 1. The molecule has 0 spiro atoms. The molecule has 0 aliphatic carbocycles. The molecule has 1 N–H and O–H groups in total. The number of ether oxygens (including phenoxy) is 1. The van der Waals surface area contributed by atoms with Crippen molar-refractivity contribution in [1.29, 1.82) is 0 Å². The molecular formula is C19H21Cl2NO2. The average Bonchev–Trinajstić information content (AvgIpc) is 2.45. The zero-order valence-electron chi connectivity index (χ0n) is 14.0. The third-order valence-corrected chi connectivity index (χ3v) is 3.78. The van der Waals surface area contributed by atoms with Crippen molar-refractivity contribution >= 4 is 29.3 Å². The Morgan fingerprint density at radius 3 is 2.33 bits per heavy atom. The van der Waals surface area contributed by atoms with Crippen LogP contribution in [0.2, 0.25) is 10.0 Å². The predicted molar refractivity (Wildman–Crippen MR) is 98.7 cm³/mol. The fraction of sp³-hybridized carbons (Fsp3) is 0.316. The second-order valence-corrected chi connectivity index (χ2v) is 7.46.